The number of nitrogens with one attached hydrogen (secondary N) is 2. The van der Waals surface area contributed by atoms with Crippen molar-refractivity contribution in [1.29, 1.82) is 0 Å². The number of aromatic amines is 1. The van der Waals surface area contributed by atoms with Crippen LogP contribution in [0.15, 0.2) is 77.1 Å². The second kappa shape index (κ2) is 11.9. The molecule has 0 radical (unpaired) electrons. The number of nitrogens with zero attached hydrogens (tertiary/aromatic N) is 4. The van der Waals surface area contributed by atoms with Gasteiger partial charge in [-0.3, -0.25) is 4.79 Å². The van der Waals surface area contributed by atoms with E-state index >= 15 is 0 Å². The van der Waals surface area contributed by atoms with Crippen LogP contribution < -0.4 is 16.6 Å². The lowest BCUT2D eigenvalue weighted by atomic mass is 10.1. The number of benzene rings is 1. The minimum atomic E-state index is -0.228. The Balaban J connectivity index is 1.56. The number of rotatable bonds is 10. The summed E-state index contributed by atoms with van der Waals surface area (Å²) in [7, 11) is 5.79. The van der Waals surface area contributed by atoms with Crippen molar-refractivity contribution in [2.75, 3.05) is 46.2 Å². The van der Waals surface area contributed by atoms with Crippen molar-refractivity contribution in [3.05, 3.63) is 88.9 Å². The first kappa shape index (κ1) is 26.1. The Labute approximate surface area is 217 Å². The van der Waals surface area contributed by atoms with Crippen LogP contribution in [0.4, 0.5) is 11.5 Å². The fourth-order valence-electron chi connectivity index (χ4n) is 4.53. The molecule has 0 amide bonds. The molecule has 9 heteroatoms. The average Bonchev–Trinajstić information content (AvgIpc) is 3.38. The number of pyridine rings is 2. The number of hydrogen-bond acceptors (Lipinski definition) is 8. The van der Waals surface area contributed by atoms with Gasteiger partial charge in [-0.15, -0.1) is 0 Å². The zero-order valence-corrected chi connectivity index (χ0v) is 21.7. The number of aliphatic imine (C=N–C) groups is 1. The molecular formula is C28H35N7O2. The normalized spacial score (nSPS) is 16.9. The number of fused-ring (bicyclic) bond motifs is 1. The van der Waals surface area contributed by atoms with Gasteiger partial charge in [-0.05, 0) is 74.8 Å². The number of aromatic nitrogens is 2. The number of anilines is 2. The van der Waals surface area contributed by atoms with Crippen molar-refractivity contribution in [2.24, 2.45) is 10.7 Å². The third kappa shape index (κ3) is 6.25. The minimum Gasteiger partial charge on any atom is -0.480 e. The Kier molecular flexibility index (Phi) is 8.37. The van der Waals surface area contributed by atoms with E-state index in [1.54, 1.807) is 18.3 Å². The molecule has 4 N–H and O–H groups in total. The molecule has 1 aromatic carbocycles. The fourth-order valence-corrected chi connectivity index (χ4v) is 4.53. The number of H-pyrrole nitrogens is 1. The first-order valence-electron chi connectivity index (χ1n) is 12.4. The highest BCUT2D eigenvalue weighted by atomic mass is 16.5. The van der Waals surface area contributed by atoms with Gasteiger partial charge < -0.3 is 30.6 Å². The largest absolute Gasteiger partial charge is 0.480 e. The van der Waals surface area contributed by atoms with Crippen LogP contribution in [0.5, 0.6) is 0 Å². The maximum Gasteiger partial charge on any atom is 0.259 e. The van der Waals surface area contributed by atoms with E-state index in [-0.39, 0.29) is 11.4 Å². The second-order valence-electron chi connectivity index (χ2n) is 9.32. The van der Waals surface area contributed by atoms with E-state index in [0.29, 0.717) is 28.7 Å². The number of likely N-dealkylation sites (N-methyl/N-ethyl adjacent to an activating group) is 1. The van der Waals surface area contributed by atoms with E-state index < -0.39 is 0 Å². The van der Waals surface area contributed by atoms with E-state index in [1.165, 1.54) is 25.3 Å². The number of likely N-dealkylation sites (tertiary alicyclic amines) is 1. The van der Waals surface area contributed by atoms with Crippen LogP contribution in [0.2, 0.25) is 0 Å². The van der Waals surface area contributed by atoms with Crippen molar-refractivity contribution in [3.63, 3.8) is 0 Å². The van der Waals surface area contributed by atoms with Gasteiger partial charge in [0.2, 0.25) is 5.88 Å². The molecule has 2 aromatic heterocycles. The summed E-state index contributed by atoms with van der Waals surface area (Å²) >= 11 is 0. The topological polar surface area (TPSA) is 112 Å². The van der Waals surface area contributed by atoms with Crippen LogP contribution in [0.1, 0.15) is 17.7 Å². The minimum absolute atomic E-state index is 0.228. The van der Waals surface area contributed by atoms with Crippen molar-refractivity contribution in [1.82, 2.24) is 19.8 Å². The molecule has 37 heavy (non-hydrogen) atoms. The number of methoxy groups -OCH3 is 1. The van der Waals surface area contributed by atoms with Crippen molar-refractivity contribution < 1.29 is 4.74 Å². The molecule has 0 aliphatic carbocycles. The van der Waals surface area contributed by atoms with Gasteiger partial charge in [-0.2, -0.15) is 0 Å². The third-order valence-corrected chi connectivity index (χ3v) is 6.70. The van der Waals surface area contributed by atoms with Gasteiger partial charge in [0.15, 0.2) is 0 Å². The van der Waals surface area contributed by atoms with E-state index in [0.717, 1.165) is 37.1 Å². The Bertz CT molecular complexity index is 1360. The molecule has 3 aromatic rings. The molecule has 1 aliphatic rings. The summed E-state index contributed by atoms with van der Waals surface area (Å²) in [6, 6.07) is 12.5. The van der Waals surface area contributed by atoms with E-state index in [1.807, 2.05) is 18.2 Å². The van der Waals surface area contributed by atoms with Gasteiger partial charge in [0.05, 0.1) is 30.1 Å². The first-order chi connectivity index (χ1) is 17.9. The van der Waals surface area contributed by atoms with Crippen LogP contribution in [-0.2, 0) is 11.2 Å². The summed E-state index contributed by atoms with van der Waals surface area (Å²) in [6.07, 6.45) is 6.66. The lowest BCUT2D eigenvalue weighted by molar-refractivity contribution is 0.270. The first-order valence-corrected chi connectivity index (χ1v) is 12.4. The highest BCUT2D eigenvalue weighted by Gasteiger charge is 2.23. The standard InChI is InChI=1S/C28H35N7O2/c1-5-23(32-25(17-29)37-4)24-16-20-10-13-30-28(36)26(20)27(33-24)31-21-8-6-19(7-9-21)11-14-35-15-12-22(18-35)34(2)3/h5-10,13,16-17,22H,1,11-12,14-15,18,29H2,2-4H3,(H,30,36)(H,31,33)/b25-17+,32-23?. The molecule has 0 spiro atoms. The summed E-state index contributed by atoms with van der Waals surface area (Å²) in [5.41, 5.74) is 8.46. The van der Waals surface area contributed by atoms with Crippen LogP contribution in [0, 0.1) is 0 Å². The lowest BCUT2D eigenvalue weighted by Gasteiger charge is -2.20. The number of hydrogen-bond donors (Lipinski definition) is 3. The monoisotopic (exact) mass is 501 g/mol. The molecule has 1 saturated heterocycles. The Morgan fingerprint density at radius 3 is 2.78 bits per heavy atom. The SMILES string of the molecule is C=CC(=N/C(=C\N)OC)c1cc2cc[nH]c(=O)c2c(Nc2ccc(CCN3CCC(N(C)C)C3)cc2)n1. The van der Waals surface area contributed by atoms with Crippen LogP contribution in [0.25, 0.3) is 10.8 Å². The van der Waals surface area contributed by atoms with E-state index in [2.05, 4.69) is 57.9 Å². The summed E-state index contributed by atoms with van der Waals surface area (Å²) in [4.78, 5) is 29.4. The molecule has 4 rings (SSSR count). The average molecular weight is 502 g/mol. The summed E-state index contributed by atoms with van der Waals surface area (Å²) in [5.74, 6) is 0.665. The van der Waals surface area contributed by atoms with Gasteiger partial charge in [-0.1, -0.05) is 18.7 Å². The molecule has 0 bridgehead atoms. The zero-order valence-electron chi connectivity index (χ0n) is 21.7. The van der Waals surface area contributed by atoms with Crippen molar-refractivity contribution in [3.8, 4) is 0 Å². The Hall–Kier alpha value is -3.95. The molecule has 1 aliphatic heterocycles. The van der Waals surface area contributed by atoms with Crippen molar-refractivity contribution >= 4 is 28.0 Å². The molecule has 194 valence electrons. The molecule has 1 fully saturated rings. The number of allylic oxidation sites excluding steroid dienone is 1. The predicted octanol–water partition coefficient (Wildman–Crippen LogP) is 3.22. The maximum absolute atomic E-state index is 12.7. The van der Waals surface area contributed by atoms with Crippen LogP contribution >= 0.6 is 0 Å². The lowest BCUT2D eigenvalue weighted by Crippen LogP contribution is -2.32. The summed E-state index contributed by atoms with van der Waals surface area (Å²) < 4.78 is 5.16. The summed E-state index contributed by atoms with van der Waals surface area (Å²) in [5, 5.41) is 4.51. The highest BCUT2D eigenvalue weighted by Crippen LogP contribution is 2.24. The number of nitrogens with two attached hydrogens (primary N) is 1. The van der Waals surface area contributed by atoms with Crippen molar-refractivity contribution in [2.45, 2.75) is 18.9 Å². The predicted molar refractivity (Wildman–Crippen MR) is 150 cm³/mol. The smallest absolute Gasteiger partial charge is 0.259 e. The van der Waals surface area contributed by atoms with Gasteiger partial charge in [0, 0.05) is 31.0 Å². The number of ether oxygens (including phenoxy) is 1. The van der Waals surface area contributed by atoms with E-state index in [9.17, 15) is 4.79 Å². The maximum atomic E-state index is 12.7. The second-order valence-corrected chi connectivity index (χ2v) is 9.32. The van der Waals surface area contributed by atoms with Crippen LogP contribution in [0.3, 0.4) is 0 Å². The summed E-state index contributed by atoms with van der Waals surface area (Å²) in [6.45, 7) is 7.17. The van der Waals surface area contributed by atoms with Gasteiger partial charge in [0.25, 0.3) is 5.56 Å². The molecule has 9 nitrogen and oxygen atoms in total. The highest BCUT2D eigenvalue weighted by molar-refractivity contribution is 6.10. The molecule has 0 saturated carbocycles. The molecule has 1 unspecified atom stereocenters. The third-order valence-electron chi connectivity index (χ3n) is 6.70. The van der Waals surface area contributed by atoms with Gasteiger partial charge in [-0.25, -0.2) is 9.98 Å². The zero-order chi connectivity index (χ0) is 26.4. The van der Waals surface area contributed by atoms with Gasteiger partial charge in [0.1, 0.15) is 5.82 Å². The van der Waals surface area contributed by atoms with Gasteiger partial charge >= 0.3 is 0 Å². The fraction of sp³-hybridized carbons (Fsp3) is 0.321. The van der Waals surface area contributed by atoms with Crippen LogP contribution in [-0.4, -0.2) is 72.4 Å². The molecule has 1 atom stereocenters. The quantitative estimate of drug-likeness (QED) is 0.289. The van der Waals surface area contributed by atoms with E-state index in [4.69, 9.17) is 15.5 Å². The Morgan fingerprint density at radius 1 is 1.35 bits per heavy atom. The molecule has 3 heterocycles. The Morgan fingerprint density at radius 2 is 2.14 bits per heavy atom. The molecular weight excluding hydrogens is 466 g/mol.